The van der Waals surface area contributed by atoms with Crippen molar-refractivity contribution in [2.45, 2.75) is 39.5 Å². The molecule has 0 aromatic rings. The number of carbonyl (C=O) groups excluding carboxylic acids is 2. The predicted octanol–water partition coefficient (Wildman–Crippen LogP) is 0.997. The topological polar surface area (TPSA) is 61.4 Å². The van der Waals surface area contributed by atoms with Crippen LogP contribution in [0.4, 0.5) is 0 Å². The Hall–Kier alpha value is -1.10. The van der Waals surface area contributed by atoms with Crippen molar-refractivity contribution in [1.82, 2.24) is 15.5 Å². The first-order valence-electron chi connectivity index (χ1n) is 8.32. The van der Waals surface area contributed by atoms with Crippen molar-refractivity contribution in [3.63, 3.8) is 0 Å². The van der Waals surface area contributed by atoms with E-state index in [1.165, 1.54) is 12.8 Å². The standard InChI is InChI=1S/C16H29N3O2/c1-12(2)16(21)18-9-14-4-3-7-19(11-14)15(20)10-17-8-13-5-6-13/h12-14,17H,3-11H2,1-2H3,(H,18,21). The summed E-state index contributed by atoms with van der Waals surface area (Å²) in [7, 11) is 0. The van der Waals surface area contributed by atoms with Crippen LogP contribution in [0.3, 0.4) is 0 Å². The lowest BCUT2D eigenvalue weighted by atomic mass is 9.97. The Morgan fingerprint density at radius 2 is 1.90 bits per heavy atom. The molecule has 1 atom stereocenters. The molecular weight excluding hydrogens is 266 g/mol. The van der Waals surface area contributed by atoms with Crippen molar-refractivity contribution in [2.24, 2.45) is 17.8 Å². The zero-order chi connectivity index (χ0) is 15.2. The third kappa shape index (κ3) is 5.65. The molecule has 1 saturated carbocycles. The number of nitrogens with zero attached hydrogens (tertiary/aromatic N) is 1. The Kier molecular flexibility index (Phi) is 6.03. The van der Waals surface area contributed by atoms with Crippen LogP contribution in [0.15, 0.2) is 0 Å². The van der Waals surface area contributed by atoms with Crippen LogP contribution in [0, 0.1) is 17.8 Å². The lowest BCUT2D eigenvalue weighted by Gasteiger charge is -2.33. The van der Waals surface area contributed by atoms with Crippen molar-refractivity contribution in [3.8, 4) is 0 Å². The summed E-state index contributed by atoms with van der Waals surface area (Å²) in [5.41, 5.74) is 0. The first-order chi connectivity index (χ1) is 10.1. The second kappa shape index (κ2) is 7.78. The molecule has 2 amide bonds. The molecular formula is C16H29N3O2. The van der Waals surface area contributed by atoms with E-state index in [4.69, 9.17) is 0 Å². The van der Waals surface area contributed by atoms with Crippen LogP contribution in [-0.4, -0.2) is 49.4 Å². The van der Waals surface area contributed by atoms with Crippen molar-refractivity contribution < 1.29 is 9.59 Å². The molecule has 0 radical (unpaired) electrons. The van der Waals surface area contributed by atoms with E-state index in [-0.39, 0.29) is 17.7 Å². The van der Waals surface area contributed by atoms with Crippen LogP contribution in [0.1, 0.15) is 39.5 Å². The molecule has 1 saturated heterocycles. The maximum absolute atomic E-state index is 12.2. The van der Waals surface area contributed by atoms with Crippen LogP contribution in [0.2, 0.25) is 0 Å². The molecule has 0 aromatic carbocycles. The highest BCUT2D eigenvalue weighted by molar-refractivity contribution is 5.78. The molecule has 2 fully saturated rings. The Bertz CT molecular complexity index is 367. The minimum Gasteiger partial charge on any atom is -0.356 e. The van der Waals surface area contributed by atoms with Crippen LogP contribution in [-0.2, 0) is 9.59 Å². The highest BCUT2D eigenvalue weighted by Gasteiger charge is 2.25. The fraction of sp³-hybridized carbons (Fsp3) is 0.875. The van der Waals surface area contributed by atoms with E-state index in [0.717, 1.165) is 38.4 Å². The lowest BCUT2D eigenvalue weighted by molar-refractivity contribution is -0.132. The predicted molar refractivity (Wildman–Crippen MR) is 82.7 cm³/mol. The van der Waals surface area contributed by atoms with Crippen LogP contribution in [0.25, 0.3) is 0 Å². The van der Waals surface area contributed by atoms with Gasteiger partial charge in [-0.2, -0.15) is 0 Å². The van der Waals surface area contributed by atoms with Gasteiger partial charge in [-0.25, -0.2) is 0 Å². The normalized spacial score (nSPS) is 22.4. The molecule has 1 heterocycles. The largest absolute Gasteiger partial charge is 0.356 e. The molecule has 1 unspecified atom stereocenters. The summed E-state index contributed by atoms with van der Waals surface area (Å²) in [5.74, 6) is 1.53. The Morgan fingerprint density at radius 1 is 1.14 bits per heavy atom. The van der Waals surface area contributed by atoms with E-state index in [2.05, 4.69) is 10.6 Å². The Labute approximate surface area is 127 Å². The minimum absolute atomic E-state index is 0.0259. The van der Waals surface area contributed by atoms with Gasteiger partial charge in [-0.15, -0.1) is 0 Å². The quantitative estimate of drug-likeness (QED) is 0.736. The van der Waals surface area contributed by atoms with E-state index in [0.29, 0.717) is 19.0 Å². The summed E-state index contributed by atoms with van der Waals surface area (Å²) >= 11 is 0. The van der Waals surface area contributed by atoms with Gasteiger partial charge in [-0.05, 0) is 44.1 Å². The maximum Gasteiger partial charge on any atom is 0.236 e. The molecule has 5 nitrogen and oxygen atoms in total. The fourth-order valence-electron chi connectivity index (χ4n) is 2.72. The van der Waals surface area contributed by atoms with Crippen LogP contribution < -0.4 is 10.6 Å². The zero-order valence-corrected chi connectivity index (χ0v) is 13.4. The van der Waals surface area contributed by atoms with Gasteiger partial charge >= 0.3 is 0 Å². The monoisotopic (exact) mass is 295 g/mol. The van der Waals surface area contributed by atoms with Crippen molar-refractivity contribution in [2.75, 3.05) is 32.7 Å². The number of rotatable bonds is 7. The molecule has 2 rings (SSSR count). The van der Waals surface area contributed by atoms with Crippen LogP contribution >= 0.6 is 0 Å². The third-order valence-corrected chi connectivity index (χ3v) is 4.37. The number of likely N-dealkylation sites (tertiary alicyclic amines) is 1. The molecule has 0 aromatic heterocycles. The first kappa shape index (κ1) is 16.3. The summed E-state index contributed by atoms with van der Waals surface area (Å²) in [5, 5.41) is 6.25. The van der Waals surface area contributed by atoms with Crippen LogP contribution in [0.5, 0.6) is 0 Å². The molecule has 0 spiro atoms. The smallest absolute Gasteiger partial charge is 0.236 e. The summed E-state index contributed by atoms with van der Waals surface area (Å²) in [6.45, 7) is 7.57. The second-order valence-electron chi connectivity index (χ2n) is 6.82. The summed E-state index contributed by atoms with van der Waals surface area (Å²) in [4.78, 5) is 25.7. The summed E-state index contributed by atoms with van der Waals surface area (Å²) < 4.78 is 0. The zero-order valence-electron chi connectivity index (χ0n) is 13.4. The average molecular weight is 295 g/mol. The lowest BCUT2D eigenvalue weighted by Crippen LogP contribution is -2.47. The van der Waals surface area contributed by atoms with Crippen molar-refractivity contribution in [1.29, 1.82) is 0 Å². The van der Waals surface area contributed by atoms with Gasteiger partial charge < -0.3 is 15.5 Å². The third-order valence-electron chi connectivity index (χ3n) is 4.37. The molecule has 21 heavy (non-hydrogen) atoms. The van der Waals surface area contributed by atoms with Gasteiger partial charge in [0.2, 0.25) is 11.8 Å². The second-order valence-corrected chi connectivity index (χ2v) is 6.82. The molecule has 1 aliphatic carbocycles. The minimum atomic E-state index is 0.0259. The molecule has 1 aliphatic heterocycles. The van der Waals surface area contributed by atoms with E-state index in [1.807, 2.05) is 18.7 Å². The van der Waals surface area contributed by atoms with Crippen molar-refractivity contribution >= 4 is 11.8 Å². The SMILES string of the molecule is CC(C)C(=O)NCC1CCCN(C(=O)CNCC2CC2)C1. The van der Waals surface area contributed by atoms with Gasteiger partial charge in [0.05, 0.1) is 6.54 Å². The fourth-order valence-corrected chi connectivity index (χ4v) is 2.72. The van der Waals surface area contributed by atoms with Gasteiger partial charge in [0, 0.05) is 25.6 Å². The van der Waals surface area contributed by atoms with E-state index < -0.39 is 0 Å². The molecule has 5 heteroatoms. The molecule has 2 N–H and O–H groups in total. The van der Waals surface area contributed by atoms with Gasteiger partial charge in [-0.3, -0.25) is 9.59 Å². The maximum atomic E-state index is 12.2. The van der Waals surface area contributed by atoms with Gasteiger partial charge in [0.15, 0.2) is 0 Å². The van der Waals surface area contributed by atoms with Gasteiger partial charge in [-0.1, -0.05) is 13.8 Å². The summed E-state index contributed by atoms with van der Waals surface area (Å²) in [6.07, 6.45) is 4.75. The molecule has 0 bridgehead atoms. The molecule has 120 valence electrons. The molecule has 2 aliphatic rings. The number of piperidine rings is 1. The van der Waals surface area contributed by atoms with Gasteiger partial charge in [0.1, 0.15) is 0 Å². The number of nitrogens with one attached hydrogen (secondary N) is 2. The summed E-state index contributed by atoms with van der Waals surface area (Å²) in [6, 6.07) is 0. The number of hydrogen-bond acceptors (Lipinski definition) is 3. The number of hydrogen-bond donors (Lipinski definition) is 2. The van der Waals surface area contributed by atoms with E-state index in [9.17, 15) is 9.59 Å². The Balaban J connectivity index is 1.66. The van der Waals surface area contributed by atoms with Crippen molar-refractivity contribution in [3.05, 3.63) is 0 Å². The van der Waals surface area contributed by atoms with Gasteiger partial charge in [0.25, 0.3) is 0 Å². The number of carbonyl (C=O) groups is 2. The Morgan fingerprint density at radius 3 is 2.57 bits per heavy atom. The van der Waals surface area contributed by atoms with E-state index >= 15 is 0 Å². The first-order valence-corrected chi connectivity index (χ1v) is 8.32. The van der Waals surface area contributed by atoms with E-state index in [1.54, 1.807) is 0 Å². The number of amides is 2. The highest BCUT2D eigenvalue weighted by Crippen LogP contribution is 2.27. The average Bonchev–Trinajstić information content (AvgIpc) is 3.29. The highest BCUT2D eigenvalue weighted by atomic mass is 16.2.